The van der Waals surface area contributed by atoms with Gasteiger partial charge in [-0.1, -0.05) is 18.2 Å². The van der Waals surface area contributed by atoms with E-state index in [1.807, 2.05) is 41.1 Å². The lowest BCUT2D eigenvalue weighted by molar-refractivity contribution is -0.141. The molecule has 1 aliphatic rings. The average Bonchev–Trinajstić information content (AvgIpc) is 3.26. The van der Waals surface area contributed by atoms with Gasteiger partial charge in [0.2, 0.25) is 5.88 Å². The number of rotatable bonds is 5. The van der Waals surface area contributed by atoms with Gasteiger partial charge in [-0.25, -0.2) is 19.6 Å². The van der Waals surface area contributed by atoms with Gasteiger partial charge in [0, 0.05) is 30.9 Å². The number of carbonyl (C=O) groups is 1. The Morgan fingerprint density at radius 2 is 2.00 bits per heavy atom. The first-order valence-electron chi connectivity index (χ1n) is 11.2. The van der Waals surface area contributed by atoms with Gasteiger partial charge in [0.15, 0.2) is 5.65 Å². The van der Waals surface area contributed by atoms with E-state index < -0.39 is 6.10 Å². The molecular weight excluding hydrogens is 434 g/mol. The third-order valence-corrected chi connectivity index (χ3v) is 5.90. The van der Waals surface area contributed by atoms with Crippen LogP contribution in [-0.4, -0.2) is 59.8 Å². The van der Waals surface area contributed by atoms with Crippen LogP contribution in [0, 0.1) is 0 Å². The Morgan fingerprint density at radius 1 is 1.18 bits per heavy atom. The number of nitrogen functional groups attached to an aromatic ring is 1. The minimum atomic E-state index is -1.04. The molecule has 34 heavy (non-hydrogen) atoms. The summed E-state index contributed by atoms with van der Waals surface area (Å²) < 4.78 is 7.61. The average molecular weight is 460 g/mol. The Labute approximate surface area is 196 Å². The molecule has 0 aliphatic carbocycles. The van der Waals surface area contributed by atoms with E-state index in [1.165, 1.54) is 13.3 Å². The van der Waals surface area contributed by atoms with E-state index in [1.54, 1.807) is 17.2 Å². The van der Waals surface area contributed by atoms with Gasteiger partial charge in [-0.15, -0.1) is 0 Å². The van der Waals surface area contributed by atoms with E-state index in [-0.39, 0.29) is 11.9 Å². The Kier molecular flexibility index (Phi) is 5.81. The number of para-hydroxylation sites is 1. The van der Waals surface area contributed by atoms with Crippen molar-refractivity contribution in [3.05, 3.63) is 55.0 Å². The third-order valence-electron chi connectivity index (χ3n) is 5.90. The molecule has 5 rings (SSSR count). The van der Waals surface area contributed by atoms with Crippen LogP contribution in [-0.2, 0) is 4.79 Å². The van der Waals surface area contributed by atoms with E-state index in [0.717, 1.165) is 18.4 Å². The highest BCUT2D eigenvalue weighted by molar-refractivity contribution is 5.98. The molecule has 0 saturated carbocycles. The highest BCUT2D eigenvalue weighted by Gasteiger charge is 2.30. The number of aromatic nitrogens is 5. The SMILES string of the molecule is CC(O)C(=O)N1CCCC(n2nc(-c3ccc(Oc4ccccc4)nc3)c3c(N)ncnc32)C1. The van der Waals surface area contributed by atoms with Gasteiger partial charge in [-0.3, -0.25) is 4.79 Å². The highest BCUT2D eigenvalue weighted by atomic mass is 16.5. The zero-order chi connectivity index (χ0) is 23.7. The van der Waals surface area contributed by atoms with Gasteiger partial charge in [0.05, 0.1) is 11.4 Å². The molecule has 1 fully saturated rings. The normalized spacial score (nSPS) is 17.0. The van der Waals surface area contributed by atoms with E-state index >= 15 is 0 Å². The first-order valence-corrected chi connectivity index (χ1v) is 11.2. The lowest BCUT2D eigenvalue weighted by atomic mass is 10.1. The number of aliphatic hydroxyl groups is 1. The molecule has 2 unspecified atom stereocenters. The maximum Gasteiger partial charge on any atom is 0.251 e. The van der Waals surface area contributed by atoms with Crippen molar-refractivity contribution in [1.82, 2.24) is 29.6 Å². The van der Waals surface area contributed by atoms with Crippen molar-refractivity contribution in [3.8, 4) is 22.9 Å². The summed E-state index contributed by atoms with van der Waals surface area (Å²) in [4.78, 5) is 27.1. The maximum atomic E-state index is 12.4. The first-order chi connectivity index (χ1) is 16.5. The second-order valence-electron chi connectivity index (χ2n) is 8.31. The van der Waals surface area contributed by atoms with Gasteiger partial charge in [0.25, 0.3) is 5.91 Å². The molecule has 10 heteroatoms. The second-order valence-corrected chi connectivity index (χ2v) is 8.31. The molecule has 3 N–H and O–H groups in total. The van der Waals surface area contributed by atoms with Crippen molar-refractivity contribution < 1.29 is 14.6 Å². The minimum Gasteiger partial charge on any atom is -0.439 e. The number of amides is 1. The van der Waals surface area contributed by atoms with Gasteiger partial charge in [-0.05, 0) is 38.0 Å². The number of aliphatic hydroxyl groups excluding tert-OH is 1. The molecule has 4 heterocycles. The summed E-state index contributed by atoms with van der Waals surface area (Å²) in [6, 6.07) is 13.0. The van der Waals surface area contributed by atoms with Crippen molar-refractivity contribution in [2.75, 3.05) is 18.8 Å². The molecule has 3 aromatic heterocycles. The monoisotopic (exact) mass is 459 g/mol. The van der Waals surface area contributed by atoms with Crippen LogP contribution in [0.3, 0.4) is 0 Å². The van der Waals surface area contributed by atoms with E-state index in [2.05, 4.69) is 15.0 Å². The van der Waals surface area contributed by atoms with Crippen LogP contribution in [0.5, 0.6) is 11.6 Å². The summed E-state index contributed by atoms with van der Waals surface area (Å²) in [6.07, 6.45) is 3.68. The number of nitrogens with two attached hydrogens (primary N) is 1. The molecule has 174 valence electrons. The van der Waals surface area contributed by atoms with Crippen LogP contribution < -0.4 is 10.5 Å². The number of pyridine rings is 1. The molecule has 0 bridgehead atoms. The Bertz CT molecular complexity index is 1310. The molecule has 1 saturated heterocycles. The van der Waals surface area contributed by atoms with Gasteiger partial charge < -0.3 is 20.5 Å². The lowest BCUT2D eigenvalue weighted by Crippen LogP contribution is -2.44. The maximum absolute atomic E-state index is 12.4. The third kappa shape index (κ3) is 4.15. The summed E-state index contributed by atoms with van der Waals surface area (Å²) in [5.74, 6) is 1.20. The summed E-state index contributed by atoms with van der Waals surface area (Å²) in [5, 5.41) is 15.2. The number of fused-ring (bicyclic) bond motifs is 1. The van der Waals surface area contributed by atoms with Crippen molar-refractivity contribution in [3.63, 3.8) is 0 Å². The van der Waals surface area contributed by atoms with Crippen molar-refractivity contribution in [1.29, 1.82) is 0 Å². The predicted molar refractivity (Wildman–Crippen MR) is 126 cm³/mol. The number of hydrogen-bond donors (Lipinski definition) is 2. The quantitative estimate of drug-likeness (QED) is 0.466. The minimum absolute atomic E-state index is 0.101. The first kappa shape index (κ1) is 21.8. The molecule has 0 radical (unpaired) electrons. The van der Waals surface area contributed by atoms with Gasteiger partial charge >= 0.3 is 0 Å². The van der Waals surface area contributed by atoms with Gasteiger partial charge in [0.1, 0.15) is 29.7 Å². The highest BCUT2D eigenvalue weighted by Crippen LogP contribution is 2.34. The number of carbonyl (C=O) groups excluding carboxylic acids is 1. The van der Waals surface area contributed by atoms with Crippen LogP contribution >= 0.6 is 0 Å². The molecule has 1 amide bonds. The zero-order valence-electron chi connectivity index (χ0n) is 18.7. The summed E-state index contributed by atoms with van der Waals surface area (Å²) in [6.45, 7) is 2.53. The van der Waals surface area contributed by atoms with Crippen LogP contribution in [0.25, 0.3) is 22.3 Å². The molecule has 2 atom stereocenters. The number of hydrogen-bond acceptors (Lipinski definition) is 8. The number of ether oxygens (including phenoxy) is 1. The Hall–Kier alpha value is -4.05. The van der Waals surface area contributed by atoms with E-state index in [0.29, 0.717) is 47.3 Å². The van der Waals surface area contributed by atoms with Crippen LogP contribution in [0.4, 0.5) is 5.82 Å². The van der Waals surface area contributed by atoms with Crippen LogP contribution in [0.15, 0.2) is 55.0 Å². The number of piperidine rings is 1. The fourth-order valence-electron chi connectivity index (χ4n) is 4.26. The molecule has 1 aliphatic heterocycles. The fraction of sp³-hybridized carbons (Fsp3) is 0.292. The topological polar surface area (TPSA) is 132 Å². The summed E-state index contributed by atoms with van der Waals surface area (Å²) in [5.41, 5.74) is 8.20. The summed E-state index contributed by atoms with van der Waals surface area (Å²) in [7, 11) is 0. The standard InChI is InChI=1S/C24H25N7O3/c1-15(32)24(33)30-11-5-6-17(13-30)31-23-20(22(25)27-14-28-23)21(29-31)16-9-10-19(26-12-16)34-18-7-3-2-4-8-18/h2-4,7-10,12,14-15,17,32H,5-6,11,13H2,1H3,(H2,25,27,28). The predicted octanol–water partition coefficient (Wildman–Crippen LogP) is 2.81. The summed E-state index contributed by atoms with van der Waals surface area (Å²) >= 11 is 0. The van der Waals surface area contributed by atoms with Crippen molar-refractivity contribution >= 4 is 22.8 Å². The molecule has 1 aromatic carbocycles. The largest absolute Gasteiger partial charge is 0.439 e. The Morgan fingerprint density at radius 3 is 2.74 bits per heavy atom. The lowest BCUT2D eigenvalue weighted by Gasteiger charge is -2.33. The number of benzene rings is 1. The van der Waals surface area contributed by atoms with E-state index in [9.17, 15) is 9.90 Å². The Balaban J connectivity index is 1.49. The fourth-order valence-corrected chi connectivity index (χ4v) is 4.26. The molecule has 4 aromatic rings. The van der Waals surface area contributed by atoms with Crippen LogP contribution in [0.1, 0.15) is 25.8 Å². The molecular formula is C24H25N7O3. The number of likely N-dealkylation sites (tertiary alicyclic amines) is 1. The molecule has 0 spiro atoms. The molecule has 10 nitrogen and oxygen atoms in total. The van der Waals surface area contributed by atoms with E-state index in [4.69, 9.17) is 15.6 Å². The van der Waals surface area contributed by atoms with Crippen molar-refractivity contribution in [2.45, 2.75) is 31.9 Å². The second kappa shape index (κ2) is 9.06. The van der Waals surface area contributed by atoms with Crippen LogP contribution in [0.2, 0.25) is 0 Å². The number of anilines is 1. The van der Waals surface area contributed by atoms with Crippen molar-refractivity contribution in [2.24, 2.45) is 0 Å². The smallest absolute Gasteiger partial charge is 0.251 e. The van der Waals surface area contributed by atoms with Gasteiger partial charge in [-0.2, -0.15) is 5.10 Å². The zero-order valence-corrected chi connectivity index (χ0v) is 18.7. The number of nitrogens with zero attached hydrogens (tertiary/aromatic N) is 6.